The van der Waals surface area contributed by atoms with Crippen LogP contribution in [0.4, 0.5) is 5.95 Å². The van der Waals surface area contributed by atoms with Crippen LogP contribution in [0.3, 0.4) is 0 Å². The molecule has 1 aliphatic carbocycles. The van der Waals surface area contributed by atoms with E-state index in [1.807, 2.05) is 19.3 Å². The van der Waals surface area contributed by atoms with E-state index < -0.39 is 0 Å². The highest BCUT2D eigenvalue weighted by atomic mass is 15.1. The Morgan fingerprint density at radius 1 is 1.31 bits per heavy atom. The molecule has 3 nitrogen and oxygen atoms in total. The van der Waals surface area contributed by atoms with Gasteiger partial charge in [0, 0.05) is 18.9 Å². The van der Waals surface area contributed by atoms with Gasteiger partial charge in [0.2, 0.25) is 5.95 Å². The molecule has 1 aliphatic rings. The molecule has 1 N–H and O–H groups in total. The van der Waals surface area contributed by atoms with Crippen molar-refractivity contribution in [3.05, 3.63) is 18.0 Å². The third-order valence-electron chi connectivity index (χ3n) is 3.20. The van der Waals surface area contributed by atoms with Crippen molar-refractivity contribution in [3.63, 3.8) is 0 Å². The lowest BCUT2D eigenvalue weighted by molar-refractivity contribution is 0.406. The molecular formula is C13H21N3. The molecule has 3 heteroatoms. The summed E-state index contributed by atoms with van der Waals surface area (Å²) in [7, 11) is 0. The fraction of sp³-hybridized carbons (Fsp3) is 0.692. The van der Waals surface area contributed by atoms with E-state index >= 15 is 0 Å². The minimum atomic E-state index is 0.530. The average Bonchev–Trinajstić information content (AvgIpc) is 2.97. The first-order valence-electron chi connectivity index (χ1n) is 6.12. The Bertz CT molecular complexity index is 339. The second-order valence-electron chi connectivity index (χ2n) is 5.54. The molecule has 1 saturated carbocycles. The fourth-order valence-corrected chi connectivity index (χ4v) is 2.25. The molecule has 1 fully saturated rings. The average molecular weight is 219 g/mol. The molecule has 0 spiro atoms. The van der Waals surface area contributed by atoms with Crippen LogP contribution in [0, 0.1) is 18.3 Å². The summed E-state index contributed by atoms with van der Waals surface area (Å²) >= 11 is 0. The minimum Gasteiger partial charge on any atom is -0.354 e. The van der Waals surface area contributed by atoms with Crippen LogP contribution in [0.2, 0.25) is 0 Å². The fourth-order valence-electron chi connectivity index (χ4n) is 2.25. The van der Waals surface area contributed by atoms with Crippen molar-refractivity contribution in [2.75, 3.05) is 11.9 Å². The summed E-state index contributed by atoms with van der Waals surface area (Å²) in [4.78, 5) is 8.53. The predicted molar refractivity (Wildman–Crippen MR) is 66.4 cm³/mol. The molecule has 0 radical (unpaired) electrons. The van der Waals surface area contributed by atoms with E-state index in [9.17, 15) is 0 Å². The third-order valence-corrected chi connectivity index (χ3v) is 3.20. The van der Waals surface area contributed by atoms with Gasteiger partial charge in [0.05, 0.1) is 0 Å². The highest BCUT2D eigenvalue weighted by Crippen LogP contribution is 2.50. The molecule has 1 heterocycles. The van der Waals surface area contributed by atoms with E-state index in [2.05, 4.69) is 29.1 Å². The van der Waals surface area contributed by atoms with Crippen LogP contribution >= 0.6 is 0 Å². The summed E-state index contributed by atoms with van der Waals surface area (Å²) in [6.45, 7) is 7.62. The Morgan fingerprint density at radius 2 is 1.94 bits per heavy atom. The van der Waals surface area contributed by atoms with Gasteiger partial charge in [-0.05, 0) is 43.1 Å². The summed E-state index contributed by atoms with van der Waals surface area (Å²) in [5.41, 5.74) is 1.64. The molecular weight excluding hydrogens is 198 g/mol. The zero-order chi connectivity index (χ0) is 11.6. The van der Waals surface area contributed by atoms with E-state index in [0.717, 1.165) is 24.0 Å². The van der Waals surface area contributed by atoms with E-state index in [-0.39, 0.29) is 0 Å². The van der Waals surface area contributed by atoms with Crippen LogP contribution in [0.1, 0.15) is 38.7 Å². The maximum absolute atomic E-state index is 4.27. The first-order chi connectivity index (χ1) is 7.60. The van der Waals surface area contributed by atoms with E-state index in [1.54, 1.807) is 0 Å². The van der Waals surface area contributed by atoms with E-state index in [4.69, 9.17) is 0 Å². The molecule has 2 rings (SSSR count). The third kappa shape index (κ3) is 2.94. The quantitative estimate of drug-likeness (QED) is 0.827. The van der Waals surface area contributed by atoms with Crippen molar-refractivity contribution < 1.29 is 0 Å². The van der Waals surface area contributed by atoms with Gasteiger partial charge in [-0.15, -0.1) is 0 Å². The molecule has 0 atom stereocenters. The van der Waals surface area contributed by atoms with Crippen LogP contribution in [-0.4, -0.2) is 16.5 Å². The predicted octanol–water partition coefficient (Wildman–Crippen LogP) is 3.02. The molecule has 1 aromatic heterocycles. The standard InChI is InChI=1S/C13H21N3/c1-10(2)6-13(4-5-13)9-16-12-14-7-11(3)8-15-12/h7-8,10H,4-6,9H2,1-3H3,(H,14,15,16). The molecule has 16 heavy (non-hydrogen) atoms. The zero-order valence-corrected chi connectivity index (χ0v) is 10.5. The maximum Gasteiger partial charge on any atom is 0.222 e. The monoisotopic (exact) mass is 219 g/mol. The number of hydrogen-bond acceptors (Lipinski definition) is 3. The van der Waals surface area contributed by atoms with Crippen molar-refractivity contribution in [1.82, 2.24) is 9.97 Å². The number of aryl methyl sites for hydroxylation is 1. The molecule has 0 bridgehead atoms. The van der Waals surface area contributed by atoms with Crippen LogP contribution in [0.25, 0.3) is 0 Å². The molecule has 88 valence electrons. The van der Waals surface area contributed by atoms with Crippen molar-refractivity contribution in [2.45, 2.75) is 40.0 Å². The Balaban J connectivity index is 1.85. The second-order valence-corrected chi connectivity index (χ2v) is 5.54. The minimum absolute atomic E-state index is 0.530. The smallest absolute Gasteiger partial charge is 0.222 e. The van der Waals surface area contributed by atoms with Crippen molar-refractivity contribution >= 4 is 5.95 Å². The Labute approximate surface area is 97.7 Å². The van der Waals surface area contributed by atoms with Gasteiger partial charge in [0.1, 0.15) is 0 Å². The van der Waals surface area contributed by atoms with Gasteiger partial charge in [-0.3, -0.25) is 0 Å². The van der Waals surface area contributed by atoms with Crippen LogP contribution in [-0.2, 0) is 0 Å². The largest absolute Gasteiger partial charge is 0.354 e. The Hall–Kier alpha value is -1.12. The number of anilines is 1. The summed E-state index contributed by atoms with van der Waals surface area (Å²) in [6, 6.07) is 0. The van der Waals surface area contributed by atoms with Gasteiger partial charge in [-0.1, -0.05) is 13.8 Å². The lowest BCUT2D eigenvalue weighted by Gasteiger charge is -2.18. The maximum atomic E-state index is 4.27. The van der Waals surface area contributed by atoms with E-state index in [1.165, 1.54) is 19.3 Å². The molecule has 0 saturated heterocycles. The molecule has 1 aromatic rings. The zero-order valence-electron chi connectivity index (χ0n) is 10.5. The van der Waals surface area contributed by atoms with Gasteiger partial charge in [0.15, 0.2) is 0 Å². The highest BCUT2D eigenvalue weighted by Gasteiger charge is 2.42. The lowest BCUT2D eigenvalue weighted by Crippen LogP contribution is -2.18. The molecule has 0 aliphatic heterocycles. The van der Waals surface area contributed by atoms with Crippen molar-refractivity contribution in [3.8, 4) is 0 Å². The van der Waals surface area contributed by atoms with Crippen molar-refractivity contribution in [2.24, 2.45) is 11.3 Å². The van der Waals surface area contributed by atoms with Gasteiger partial charge in [0.25, 0.3) is 0 Å². The summed E-state index contributed by atoms with van der Waals surface area (Å²) in [6.07, 6.45) is 7.73. The van der Waals surface area contributed by atoms with Crippen LogP contribution in [0.15, 0.2) is 12.4 Å². The van der Waals surface area contributed by atoms with Gasteiger partial charge in [-0.2, -0.15) is 0 Å². The van der Waals surface area contributed by atoms with E-state index in [0.29, 0.717) is 5.41 Å². The summed E-state index contributed by atoms with van der Waals surface area (Å²) in [5.74, 6) is 1.55. The Kier molecular flexibility index (Phi) is 3.13. The number of nitrogens with one attached hydrogen (secondary N) is 1. The number of aromatic nitrogens is 2. The SMILES string of the molecule is Cc1cnc(NCC2(CC(C)C)CC2)nc1. The number of hydrogen-bond donors (Lipinski definition) is 1. The normalized spacial score (nSPS) is 17.5. The van der Waals surface area contributed by atoms with Crippen molar-refractivity contribution in [1.29, 1.82) is 0 Å². The molecule has 0 aromatic carbocycles. The van der Waals surface area contributed by atoms with Gasteiger partial charge < -0.3 is 5.32 Å². The first kappa shape index (κ1) is 11.4. The molecule has 0 unspecified atom stereocenters. The van der Waals surface area contributed by atoms with Crippen LogP contribution in [0.5, 0.6) is 0 Å². The second kappa shape index (κ2) is 4.40. The van der Waals surface area contributed by atoms with Gasteiger partial charge in [-0.25, -0.2) is 9.97 Å². The topological polar surface area (TPSA) is 37.8 Å². The first-order valence-corrected chi connectivity index (χ1v) is 6.12. The highest BCUT2D eigenvalue weighted by molar-refractivity contribution is 5.25. The lowest BCUT2D eigenvalue weighted by atomic mass is 9.94. The molecule has 0 amide bonds. The Morgan fingerprint density at radius 3 is 2.44 bits per heavy atom. The summed E-state index contributed by atoms with van der Waals surface area (Å²) < 4.78 is 0. The number of nitrogens with zero attached hydrogens (tertiary/aromatic N) is 2. The summed E-state index contributed by atoms with van der Waals surface area (Å²) in [5, 5.41) is 3.36. The van der Waals surface area contributed by atoms with Gasteiger partial charge >= 0.3 is 0 Å². The number of rotatable bonds is 5. The van der Waals surface area contributed by atoms with Crippen LogP contribution < -0.4 is 5.32 Å².